The van der Waals surface area contributed by atoms with Gasteiger partial charge in [0, 0.05) is 26.2 Å². The lowest BCUT2D eigenvalue weighted by atomic mass is 10.1. The lowest BCUT2D eigenvalue weighted by Gasteiger charge is -2.38. The van der Waals surface area contributed by atoms with Crippen molar-refractivity contribution in [2.45, 2.75) is 26.4 Å². The van der Waals surface area contributed by atoms with E-state index in [9.17, 15) is 14.4 Å². The predicted octanol–water partition coefficient (Wildman–Crippen LogP) is 1.15. The first-order chi connectivity index (χ1) is 10.9. The van der Waals surface area contributed by atoms with Crippen molar-refractivity contribution in [3.63, 3.8) is 0 Å². The average molecular weight is 319 g/mol. The van der Waals surface area contributed by atoms with Gasteiger partial charge in [0.1, 0.15) is 6.04 Å². The van der Waals surface area contributed by atoms with E-state index in [0.717, 1.165) is 5.56 Å². The van der Waals surface area contributed by atoms with Crippen LogP contribution in [-0.4, -0.2) is 58.5 Å². The molecule has 1 atom stereocenters. The Kier molecular flexibility index (Phi) is 5.20. The molecule has 0 aromatic heterocycles. The monoisotopic (exact) mass is 319 g/mol. The number of urea groups is 1. The number of carbonyl (C=O) groups is 3. The summed E-state index contributed by atoms with van der Waals surface area (Å²) in [4.78, 5) is 38.4. The van der Waals surface area contributed by atoms with E-state index in [1.54, 1.807) is 24.0 Å². The summed E-state index contributed by atoms with van der Waals surface area (Å²) in [6.45, 7) is 5.62. The molecule has 1 aliphatic heterocycles. The number of nitrogens with zero attached hydrogens (tertiary/aromatic N) is 2. The van der Waals surface area contributed by atoms with Gasteiger partial charge in [0.05, 0.1) is 5.56 Å². The summed E-state index contributed by atoms with van der Waals surface area (Å²) in [5.41, 5.74) is 1.00. The molecule has 3 amide bonds. The SMILES string of the molecule is CCN1CCN(C(=O)NCc2ccc(C(=O)O)cc2)C(C)C1=O. The predicted molar refractivity (Wildman–Crippen MR) is 84.1 cm³/mol. The number of likely N-dealkylation sites (N-methyl/N-ethyl adjacent to an activating group) is 1. The summed E-state index contributed by atoms with van der Waals surface area (Å²) in [6, 6.07) is 5.55. The molecule has 1 fully saturated rings. The number of carbonyl (C=O) groups excluding carboxylic acids is 2. The molecule has 1 unspecified atom stereocenters. The number of carboxylic acids is 1. The van der Waals surface area contributed by atoms with Gasteiger partial charge in [-0.05, 0) is 31.5 Å². The quantitative estimate of drug-likeness (QED) is 0.871. The molecule has 1 aromatic carbocycles. The Morgan fingerprint density at radius 3 is 2.48 bits per heavy atom. The standard InChI is InChI=1S/C16H21N3O4/c1-3-18-8-9-19(11(2)14(18)20)16(23)17-10-12-4-6-13(7-5-12)15(21)22/h4-7,11H,3,8-10H2,1-2H3,(H,17,23)(H,21,22). The van der Waals surface area contributed by atoms with Crippen LogP contribution >= 0.6 is 0 Å². The Labute approximate surface area is 134 Å². The molecule has 0 saturated carbocycles. The van der Waals surface area contributed by atoms with Gasteiger partial charge < -0.3 is 20.2 Å². The lowest BCUT2D eigenvalue weighted by Crippen LogP contribution is -2.59. The molecule has 1 aliphatic rings. The molecule has 7 nitrogen and oxygen atoms in total. The molecule has 23 heavy (non-hydrogen) atoms. The number of hydrogen-bond acceptors (Lipinski definition) is 3. The number of piperazine rings is 1. The molecule has 0 bridgehead atoms. The third-order valence-electron chi connectivity index (χ3n) is 4.03. The van der Waals surface area contributed by atoms with E-state index >= 15 is 0 Å². The fourth-order valence-electron chi connectivity index (χ4n) is 2.57. The number of benzene rings is 1. The number of hydrogen-bond donors (Lipinski definition) is 2. The maximum absolute atomic E-state index is 12.2. The van der Waals surface area contributed by atoms with E-state index in [-0.39, 0.29) is 24.0 Å². The molecule has 1 saturated heterocycles. The molecule has 0 radical (unpaired) electrons. The Morgan fingerprint density at radius 2 is 1.91 bits per heavy atom. The minimum atomic E-state index is -0.985. The van der Waals surface area contributed by atoms with E-state index < -0.39 is 12.0 Å². The van der Waals surface area contributed by atoms with Gasteiger partial charge in [-0.15, -0.1) is 0 Å². The van der Waals surface area contributed by atoms with Gasteiger partial charge in [-0.1, -0.05) is 12.1 Å². The number of rotatable bonds is 4. The smallest absolute Gasteiger partial charge is 0.335 e. The number of amides is 3. The second-order valence-corrected chi connectivity index (χ2v) is 5.45. The zero-order chi connectivity index (χ0) is 17.0. The van der Waals surface area contributed by atoms with Crippen molar-refractivity contribution in [2.75, 3.05) is 19.6 Å². The van der Waals surface area contributed by atoms with Crippen LogP contribution in [0.3, 0.4) is 0 Å². The first-order valence-electron chi connectivity index (χ1n) is 7.59. The molecule has 124 valence electrons. The van der Waals surface area contributed by atoms with Crippen LogP contribution in [0.1, 0.15) is 29.8 Å². The van der Waals surface area contributed by atoms with Gasteiger partial charge in [-0.25, -0.2) is 9.59 Å². The fraction of sp³-hybridized carbons (Fsp3) is 0.438. The van der Waals surface area contributed by atoms with Crippen molar-refractivity contribution in [1.82, 2.24) is 15.1 Å². The van der Waals surface area contributed by atoms with Crippen molar-refractivity contribution in [1.29, 1.82) is 0 Å². The van der Waals surface area contributed by atoms with Crippen LogP contribution < -0.4 is 5.32 Å². The zero-order valence-corrected chi connectivity index (χ0v) is 13.3. The maximum Gasteiger partial charge on any atom is 0.335 e. The van der Waals surface area contributed by atoms with E-state index in [1.165, 1.54) is 17.0 Å². The van der Waals surface area contributed by atoms with E-state index in [2.05, 4.69) is 5.32 Å². The molecule has 7 heteroatoms. The van der Waals surface area contributed by atoms with Crippen molar-refractivity contribution >= 4 is 17.9 Å². The van der Waals surface area contributed by atoms with Crippen molar-refractivity contribution in [3.8, 4) is 0 Å². The highest BCUT2D eigenvalue weighted by Crippen LogP contribution is 2.11. The summed E-state index contributed by atoms with van der Waals surface area (Å²) < 4.78 is 0. The highest BCUT2D eigenvalue weighted by molar-refractivity contribution is 5.88. The van der Waals surface area contributed by atoms with Gasteiger partial charge in [0.15, 0.2) is 0 Å². The van der Waals surface area contributed by atoms with Gasteiger partial charge in [0.2, 0.25) is 5.91 Å². The van der Waals surface area contributed by atoms with Crippen LogP contribution in [0, 0.1) is 0 Å². The van der Waals surface area contributed by atoms with Crippen molar-refractivity contribution in [3.05, 3.63) is 35.4 Å². The number of nitrogens with one attached hydrogen (secondary N) is 1. The topological polar surface area (TPSA) is 89.9 Å². The molecule has 2 N–H and O–H groups in total. The Hall–Kier alpha value is -2.57. The third-order valence-corrected chi connectivity index (χ3v) is 4.03. The Bertz CT molecular complexity index is 600. The molecule has 2 rings (SSSR count). The highest BCUT2D eigenvalue weighted by atomic mass is 16.4. The fourth-order valence-corrected chi connectivity index (χ4v) is 2.57. The van der Waals surface area contributed by atoms with Crippen LogP contribution in [-0.2, 0) is 11.3 Å². The summed E-state index contributed by atoms with van der Waals surface area (Å²) in [7, 11) is 0. The van der Waals surface area contributed by atoms with Crippen LogP contribution in [0.15, 0.2) is 24.3 Å². The normalized spacial score (nSPS) is 18.0. The van der Waals surface area contributed by atoms with Crippen LogP contribution in [0.4, 0.5) is 4.79 Å². The minimum absolute atomic E-state index is 0.0419. The van der Waals surface area contributed by atoms with Gasteiger partial charge in [-0.2, -0.15) is 0 Å². The number of aromatic carboxylic acids is 1. The Morgan fingerprint density at radius 1 is 1.26 bits per heavy atom. The van der Waals surface area contributed by atoms with Crippen molar-refractivity contribution < 1.29 is 19.5 Å². The van der Waals surface area contributed by atoms with Gasteiger partial charge in [0.25, 0.3) is 0 Å². The maximum atomic E-state index is 12.2. The summed E-state index contributed by atoms with van der Waals surface area (Å²) in [5.74, 6) is -1.03. The third kappa shape index (κ3) is 3.80. The van der Waals surface area contributed by atoms with Crippen molar-refractivity contribution in [2.24, 2.45) is 0 Å². The van der Waals surface area contributed by atoms with E-state index in [1.807, 2.05) is 6.92 Å². The van der Waals surface area contributed by atoms with Gasteiger partial charge >= 0.3 is 12.0 Å². The summed E-state index contributed by atoms with van der Waals surface area (Å²) in [6.07, 6.45) is 0. The lowest BCUT2D eigenvalue weighted by molar-refractivity contribution is -0.138. The second-order valence-electron chi connectivity index (χ2n) is 5.45. The first-order valence-corrected chi connectivity index (χ1v) is 7.59. The second kappa shape index (κ2) is 7.13. The number of carboxylic acid groups (broad SMARTS) is 1. The summed E-state index contributed by atoms with van der Waals surface area (Å²) in [5, 5.41) is 11.6. The van der Waals surface area contributed by atoms with Crippen LogP contribution in [0.25, 0.3) is 0 Å². The molecular weight excluding hydrogens is 298 g/mol. The molecule has 1 heterocycles. The Balaban J connectivity index is 1.92. The molecule has 0 aliphatic carbocycles. The minimum Gasteiger partial charge on any atom is -0.478 e. The van der Waals surface area contributed by atoms with Gasteiger partial charge in [-0.3, -0.25) is 4.79 Å². The first kappa shape index (κ1) is 16.8. The molecular formula is C16H21N3O4. The van der Waals surface area contributed by atoms with E-state index in [4.69, 9.17) is 5.11 Å². The highest BCUT2D eigenvalue weighted by Gasteiger charge is 2.33. The zero-order valence-electron chi connectivity index (χ0n) is 13.3. The van der Waals surface area contributed by atoms with Crippen LogP contribution in [0.5, 0.6) is 0 Å². The van der Waals surface area contributed by atoms with E-state index in [0.29, 0.717) is 19.6 Å². The molecule has 0 spiro atoms. The average Bonchev–Trinajstić information content (AvgIpc) is 2.55. The molecule has 1 aromatic rings. The summed E-state index contributed by atoms with van der Waals surface area (Å²) >= 11 is 0. The largest absolute Gasteiger partial charge is 0.478 e. The van der Waals surface area contributed by atoms with Crippen LogP contribution in [0.2, 0.25) is 0 Å².